The van der Waals surface area contributed by atoms with Gasteiger partial charge < -0.3 is 19.7 Å². The third-order valence-electron chi connectivity index (χ3n) is 7.14. The van der Waals surface area contributed by atoms with E-state index in [0.29, 0.717) is 40.8 Å². The summed E-state index contributed by atoms with van der Waals surface area (Å²) in [4.78, 5) is 40.1. The van der Waals surface area contributed by atoms with E-state index in [2.05, 4.69) is 10.0 Å². The average Bonchev–Trinajstić information content (AvgIpc) is 3.44. The van der Waals surface area contributed by atoms with Gasteiger partial charge >= 0.3 is 5.97 Å². The Kier molecular flexibility index (Phi) is 8.29. The van der Waals surface area contributed by atoms with Crippen LogP contribution >= 0.6 is 23.2 Å². The lowest BCUT2D eigenvalue weighted by Crippen LogP contribution is -2.42. The molecule has 0 saturated carbocycles. The van der Waals surface area contributed by atoms with Gasteiger partial charge in [0.1, 0.15) is 11.6 Å². The second-order valence-corrected chi connectivity index (χ2v) is 12.4. The molecule has 2 amide bonds. The van der Waals surface area contributed by atoms with E-state index >= 15 is 0 Å². The third kappa shape index (κ3) is 5.86. The van der Waals surface area contributed by atoms with E-state index in [1.54, 1.807) is 35.4 Å². The Hall–Kier alpha value is -3.90. The van der Waals surface area contributed by atoms with Crippen LogP contribution in [-0.2, 0) is 34.2 Å². The summed E-state index contributed by atoms with van der Waals surface area (Å²) < 4.78 is 31.9. The van der Waals surface area contributed by atoms with Gasteiger partial charge in [-0.05, 0) is 66.6 Å². The summed E-state index contributed by atoms with van der Waals surface area (Å²) in [6.07, 6.45) is 1.73. The number of carboxylic acid groups (broad SMARTS) is 1. The Bertz CT molecular complexity index is 1840. The second kappa shape index (κ2) is 11.8. The molecule has 1 aliphatic rings. The number of carbonyl (C=O) groups is 3. The van der Waals surface area contributed by atoms with Crippen molar-refractivity contribution in [2.45, 2.75) is 30.3 Å². The largest absolute Gasteiger partial charge is 0.480 e. The summed E-state index contributed by atoms with van der Waals surface area (Å²) in [5.41, 5.74) is 2.72. The molecule has 4 aromatic rings. The number of hydrogen-bond donors (Lipinski definition) is 3. The Morgan fingerprint density at radius 2 is 1.88 bits per heavy atom. The van der Waals surface area contributed by atoms with E-state index in [1.165, 1.54) is 25.2 Å². The van der Waals surface area contributed by atoms with Crippen LogP contribution in [-0.4, -0.2) is 55.8 Å². The lowest BCUT2D eigenvalue weighted by atomic mass is 9.95. The van der Waals surface area contributed by atoms with Crippen LogP contribution in [0.4, 0.5) is 0 Å². The molecule has 0 saturated heterocycles. The summed E-state index contributed by atoms with van der Waals surface area (Å²) in [5.74, 6) is -2.30. The molecule has 3 aromatic carbocycles. The van der Waals surface area contributed by atoms with Crippen molar-refractivity contribution in [3.8, 4) is 0 Å². The van der Waals surface area contributed by atoms with Gasteiger partial charge in [0.2, 0.25) is 10.0 Å². The Morgan fingerprint density at radius 1 is 1.10 bits per heavy atom. The van der Waals surface area contributed by atoms with Gasteiger partial charge in [-0.2, -0.15) is 0 Å². The number of benzene rings is 3. The van der Waals surface area contributed by atoms with E-state index in [0.717, 1.165) is 5.39 Å². The Morgan fingerprint density at radius 3 is 2.62 bits per heavy atom. The number of aliphatic carboxylic acids is 1. The number of nitrogens with zero attached hydrogens (tertiary/aromatic N) is 1. The number of carboxylic acids is 1. The first kappa shape index (κ1) is 29.6. The molecule has 1 aromatic heterocycles. The van der Waals surface area contributed by atoms with E-state index in [1.807, 2.05) is 12.1 Å². The van der Waals surface area contributed by atoms with Gasteiger partial charge in [-0.25, -0.2) is 17.9 Å². The predicted molar refractivity (Wildman–Crippen MR) is 156 cm³/mol. The molecule has 1 atom stereocenters. The number of nitrogens with one attached hydrogen (secondary N) is 2. The molecule has 0 radical (unpaired) electrons. The normalized spacial score (nSPS) is 13.9. The van der Waals surface area contributed by atoms with Crippen molar-refractivity contribution in [2.24, 2.45) is 0 Å². The highest BCUT2D eigenvalue weighted by molar-refractivity contribution is 7.89. The van der Waals surface area contributed by atoms with E-state index in [4.69, 9.17) is 27.6 Å². The molecule has 2 heterocycles. The number of halogens is 2. The van der Waals surface area contributed by atoms with Crippen molar-refractivity contribution in [3.05, 3.63) is 98.7 Å². The molecular weight excluding hydrogens is 605 g/mol. The minimum atomic E-state index is -3.74. The van der Waals surface area contributed by atoms with Crippen LogP contribution in [0, 0.1) is 0 Å². The van der Waals surface area contributed by atoms with Gasteiger partial charge in [-0.1, -0.05) is 41.4 Å². The highest BCUT2D eigenvalue weighted by Crippen LogP contribution is 2.35. The molecule has 3 N–H and O–H groups in total. The molecular formula is C29H25Cl2N3O7S. The Balaban J connectivity index is 1.34. The summed E-state index contributed by atoms with van der Waals surface area (Å²) in [6.45, 7) is 0.559. The number of amides is 2. The quantitative estimate of drug-likeness (QED) is 0.264. The van der Waals surface area contributed by atoms with Crippen molar-refractivity contribution in [1.82, 2.24) is 14.9 Å². The van der Waals surface area contributed by atoms with Gasteiger partial charge in [0, 0.05) is 30.5 Å². The molecule has 0 bridgehead atoms. The van der Waals surface area contributed by atoms with Crippen LogP contribution in [0.3, 0.4) is 0 Å². The van der Waals surface area contributed by atoms with Gasteiger partial charge in [0.05, 0.1) is 26.8 Å². The first-order chi connectivity index (χ1) is 20.0. The molecule has 0 aliphatic carbocycles. The molecule has 0 unspecified atom stereocenters. The molecule has 218 valence electrons. The maximum atomic E-state index is 13.3. The van der Waals surface area contributed by atoms with E-state index in [9.17, 15) is 27.9 Å². The van der Waals surface area contributed by atoms with Crippen LogP contribution in [0.1, 0.15) is 37.4 Å². The highest BCUT2D eigenvalue weighted by atomic mass is 35.5. The Labute approximate surface area is 251 Å². The van der Waals surface area contributed by atoms with Crippen LogP contribution in [0.15, 0.2) is 70.2 Å². The first-order valence-electron chi connectivity index (χ1n) is 12.8. The monoisotopic (exact) mass is 629 g/mol. The molecule has 42 heavy (non-hydrogen) atoms. The van der Waals surface area contributed by atoms with Crippen LogP contribution in [0.25, 0.3) is 11.0 Å². The lowest BCUT2D eigenvalue weighted by Gasteiger charge is -2.30. The lowest BCUT2D eigenvalue weighted by molar-refractivity contribution is -0.139. The second-order valence-electron chi connectivity index (χ2n) is 9.76. The van der Waals surface area contributed by atoms with Gasteiger partial charge in [0.15, 0.2) is 0 Å². The molecule has 1 aliphatic heterocycles. The minimum absolute atomic E-state index is 0.00815. The fourth-order valence-corrected chi connectivity index (χ4v) is 6.49. The zero-order chi connectivity index (χ0) is 30.2. The highest BCUT2D eigenvalue weighted by Gasteiger charge is 2.30. The maximum absolute atomic E-state index is 13.3. The SMILES string of the molecule is CNS(=O)(=O)c1cccc(C[C@H](NC(=O)c2c(Cl)cc3c(c2Cl)CCN(C(=O)c2ccc4ccoc4c2)C3)C(=O)O)c1. The topological polar surface area (TPSA) is 146 Å². The van der Waals surface area contributed by atoms with Crippen molar-refractivity contribution < 1.29 is 32.3 Å². The molecule has 13 heteroatoms. The molecule has 10 nitrogen and oxygen atoms in total. The summed E-state index contributed by atoms with van der Waals surface area (Å²) in [6, 6.07) is 13.0. The van der Waals surface area contributed by atoms with Crippen molar-refractivity contribution in [1.29, 1.82) is 0 Å². The predicted octanol–water partition coefficient (Wildman–Crippen LogP) is 4.27. The smallest absolute Gasteiger partial charge is 0.326 e. The summed E-state index contributed by atoms with van der Waals surface area (Å²) >= 11 is 13.1. The minimum Gasteiger partial charge on any atom is -0.480 e. The molecule has 5 rings (SSSR count). The van der Waals surface area contributed by atoms with Crippen LogP contribution in [0.5, 0.6) is 0 Å². The fraction of sp³-hybridized carbons (Fsp3) is 0.207. The van der Waals surface area contributed by atoms with Crippen molar-refractivity contribution >= 4 is 62.0 Å². The van der Waals surface area contributed by atoms with Gasteiger partial charge in [-0.3, -0.25) is 9.59 Å². The van der Waals surface area contributed by atoms with E-state index in [-0.39, 0.29) is 39.4 Å². The molecule has 0 spiro atoms. The third-order valence-corrected chi connectivity index (χ3v) is 9.27. The zero-order valence-electron chi connectivity index (χ0n) is 22.2. The fourth-order valence-electron chi connectivity index (χ4n) is 4.93. The van der Waals surface area contributed by atoms with Gasteiger partial charge in [0.25, 0.3) is 11.8 Å². The maximum Gasteiger partial charge on any atom is 0.326 e. The van der Waals surface area contributed by atoms with Crippen LogP contribution < -0.4 is 10.0 Å². The number of furan rings is 1. The molecule has 0 fully saturated rings. The first-order valence-corrected chi connectivity index (χ1v) is 15.0. The van der Waals surface area contributed by atoms with Crippen molar-refractivity contribution in [2.75, 3.05) is 13.6 Å². The number of fused-ring (bicyclic) bond motifs is 2. The number of hydrogen-bond acceptors (Lipinski definition) is 6. The summed E-state index contributed by atoms with van der Waals surface area (Å²) in [5, 5.41) is 13.2. The summed E-state index contributed by atoms with van der Waals surface area (Å²) in [7, 11) is -2.47. The van der Waals surface area contributed by atoms with Gasteiger partial charge in [-0.15, -0.1) is 0 Å². The average molecular weight is 631 g/mol. The van der Waals surface area contributed by atoms with E-state index < -0.39 is 27.9 Å². The zero-order valence-corrected chi connectivity index (χ0v) is 24.5. The number of sulfonamides is 1. The van der Waals surface area contributed by atoms with Crippen LogP contribution in [0.2, 0.25) is 10.0 Å². The standard InChI is InChI=1S/C29H25Cl2N3O7S/c1-32-42(39,40)20-4-2-3-16(11-20)12-23(29(37)38)33-27(35)25-22(30)13-19-15-34(9-7-21(19)26(25)31)28(36)18-6-5-17-8-10-41-24(17)14-18/h2-6,8,10-11,13-14,23,32H,7,9,12,15H2,1H3,(H,33,35)(H,37,38)/t23-/m0/s1. The van der Waals surface area contributed by atoms with Crippen molar-refractivity contribution in [3.63, 3.8) is 0 Å². The number of carbonyl (C=O) groups excluding carboxylic acids is 2. The number of rotatable bonds is 8.